The topological polar surface area (TPSA) is 78.7 Å². The van der Waals surface area contributed by atoms with Crippen LogP contribution in [0.1, 0.15) is 30.1 Å². The van der Waals surface area contributed by atoms with Crippen LogP contribution in [0.2, 0.25) is 0 Å². The van der Waals surface area contributed by atoms with E-state index in [1.165, 1.54) is 0 Å². The number of benzene rings is 1. The van der Waals surface area contributed by atoms with Crippen LogP contribution in [0, 0.1) is 5.92 Å². The van der Waals surface area contributed by atoms with Gasteiger partial charge in [0.1, 0.15) is 0 Å². The molecule has 2 saturated heterocycles. The molecular formula is C17H25ClN4O2. The highest BCUT2D eigenvalue weighted by Gasteiger charge is 2.29. The molecule has 0 aromatic heterocycles. The fourth-order valence-electron chi connectivity index (χ4n) is 3.41. The predicted molar refractivity (Wildman–Crippen MR) is 96.7 cm³/mol. The Morgan fingerprint density at radius 2 is 2.00 bits per heavy atom. The summed E-state index contributed by atoms with van der Waals surface area (Å²) < 4.78 is 0. The van der Waals surface area contributed by atoms with E-state index < -0.39 is 0 Å². The van der Waals surface area contributed by atoms with E-state index in [0.29, 0.717) is 31.1 Å². The number of nitrogens with one attached hydrogen (secondary N) is 1. The summed E-state index contributed by atoms with van der Waals surface area (Å²) in [6.45, 7) is 4.79. The first-order valence-corrected chi connectivity index (χ1v) is 8.26. The second kappa shape index (κ2) is 7.85. The summed E-state index contributed by atoms with van der Waals surface area (Å²) in [4.78, 5) is 28.0. The molecule has 7 heteroatoms. The van der Waals surface area contributed by atoms with Crippen molar-refractivity contribution in [1.29, 1.82) is 0 Å². The van der Waals surface area contributed by atoms with Gasteiger partial charge < -0.3 is 16.0 Å². The highest BCUT2D eigenvalue weighted by molar-refractivity contribution is 5.97. The zero-order chi connectivity index (χ0) is 16.4. The molecule has 2 atom stereocenters. The Bertz CT molecular complexity index is 593. The van der Waals surface area contributed by atoms with Crippen LogP contribution in [0.25, 0.3) is 0 Å². The number of nitrogens with zero attached hydrogens (tertiary/aromatic N) is 2. The number of piperidine rings is 1. The smallest absolute Gasteiger partial charge is 0.321 e. The summed E-state index contributed by atoms with van der Waals surface area (Å²) in [6.07, 6.45) is 1.99. The van der Waals surface area contributed by atoms with Gasteiger partial charge in [-0.3, -0.25) is 9.69 Å². The summed E-state index contributed by atoms with van der Waals surface area (Å²) in [5.74, 6) is 0.647. The van der Waals surface area contributed by atoms with Gasteiger partial charge in [-0.05, 0) is 43.0 Å². The molecule has 2 aliphatic rings. The summed E-state index contributed by atoms with van der Waals surface area (Å²) in [7, 11) is 0. The fraction of sp³-hybridized carbons (Fsp3) is 0.529. The minimum Gasteiger partial charge on any atom is -0.336 e. The molecule has 2 heterocycles. The highest BCUT2D eigenvalue weighted by Crippen LogP contribution is 2.24. The third-order valence-electron chi connectivity index (χ3n) is 4.79. The van der Waals surface area contributed by atoms with Crippen molar-refractivity contribution in [3.63, 3.8) is 0 Å². The number of carbonyl (C=O) groups is 2. The van der Waals surface area contributed by atoms with E-state index >= 15 is 0 Å². The van der Waals surface area contributed by atoms with Crippen LogP contribution < -0.4 is 16.0 Å². The van der Waals surface area contributed by atoms with Gasteiger partial charge >= 0.3 is 6.03 Å². The van der Waals surface area contributed by atoms with Crippen molar-refractivity contribution in [2.24, 2.45) is 11.7 Å². The van der Waals surface area contributed by atoms with E-state index in [0.717, 1.165) is 25.1 Å². The maximum Gasteiger partial charge on any atom is 0.321 e. The summed E-state index contributed by atoms with van der Waals surface area (Å²) in [5.41, 5.74) is 7.32. The molecule has 1 aromatic carbocycles. The zero-order valence-electron chi connectivity index (χ0n) is 13.9. The van der Waals surface area contributed by atoms with Gasteiger partial charge in [0.2, 0.25) is 0 Å². The predicted octanol–water partition coefficient (Wildman–Crippen LogP) is 1.84. The lowest BCUT2D eigenvalue weighted by Gasteiger charge is -2.38. The molecule has 1 aromatic rings. The monoisotopic (exact) mass is 352 g/mol. The van der Waals surface area contributed by atoms with Crippen molar-refractivity contribution in [2.45, 2.75) is 25.8 Å². The fourth-order valence-corrected chi connectivity index (χ4v) is 3.41. The Morgan fingerprint density at radius 3 is 2.58 bits per heavy atom. The molecule has 0 radical (unpaired) electrons. The molecule has 0 aliphatic carbocycles. The number of likely N-dealkylation sites (tertiary alicyclic amines) is 1. The number of halogens is 1. The number of nitrogens with two attached hydrogens (primary N) is 1. The van der Waals surface area contributed by atoms with E-state index in [1.807, 2.05) is 17.0 Å². The van der Waals surface area contributed by atoms with Gasteiger partial charge in [0, 0.05) is 43.5 Å². The van der Waals surface area contributed by atoms with Crippen LogP contribution in [0.15, 0.2) is 24.3 Å². The highest BCUT2D eigenvalue weighted by atomic mass is 35.5. The van der Waals surface area contributed by atoms with Crippen molar-refractivity contribution in [3.8, 4) is 0 Å². The van der Waals surface area contributed by atoms with E-state index in [1.54, 1.807) is 17.0 Å². The Labute approximate surface area is 148 Å². The normalized spacial score (nSPS) is 23.7. The molecule has 0 saturated carbocycles. The minimum absolute atomic E-state index is 0. The lowest BCUT2D eigenvalue weighted by atomic mass is 9.92. The number of urea groups is 1. The van der Waals surface area contributed by atoms with Crippen molar-refractivity contribution in [3.05, 3.63) is 29.8 Å². The number of carbonyl (C=O) groups excluding carboxylic acids is 2. The van der Waals surface area contributed by atoms with Crippen molar-refractivity contribution >= 4 is 30.0 Å². The first-order chi connectivity index (χ1) is 11.1. The summed E-state index contributed by atoms with van der Waals surface area (Å²) in [5, 5.41) is 2.77. The van der Waals surface area contributed by atoms with Crippen LogP contribution in [-0.2, 0) is 0 Å². The van der Waals surface area contributed by atoms with Gasteiger partial charge in [0.15, 0.2) is 0 Å². The van der Waals surface area contributed by atoms with Gasteiger partial charge in [0.25, 0.3) is 5.91 Å². The van der Waals surface area contributed by atoms with Crippen LogP contribution in [0.5, 0.6) is 0 Å². The van der Waals surface area contributed by atoms with Crippen LogP contribution in [0.3, 0.4) is 0 Å². The maximum absolute atomic E-state index is 12.8. The molecule has 3 rings (SSSR count). The first-order valence-electron chi connectivity index (χ1n) is 8.26. The largest absolute Gasteiger partial charge is 0.336 e. The van der Waals surface area contributed by atoms with Crippen molar-refractivity contribution < 1.29 is 9.59 Å². The van der Waals surface area contributed by atoms with Gasteiger partial charge in [-0.25, -0.2) is 4.79 Å². The average molecular weight is 353 g/mol. The summed E-state index contributed by atoms with van der Waals surface area (Å²) >= 11 is 0. The van der Waals surface area contributed by atoms with E-state index in [9.17, 15) is 9.59 Å². The number of hydrogen-bond donors (Lipinski definition) is 2. The maximum atomic E-state index is 12.8. The minimum atomic E-state index is -0.0858. The van der Waals surface area contributed by atoms with Crippen LogP contribution >= 0.6 is 12.4 Å². The Hall–Kier alpha value is -1.79. The van der Waals surface area contributed by atoms with E-state index in [2.05, 4.69) is 12.2 Å². The molecule has 2 unspecified atom stereocenters. The lowest BCUT2D eigenvalue weighted by Crippen LogP contribution is -2.49. The Balaban J connectivity index is 0.00000208. The molecule has 3 amide bonds. The van der Waals surface area contributed by atoms with E-state index in [4.69, 9.17) is 5.73 Å². The van der Waals surface area contributed by atoms with Crippen LogP contribution in [0.4, 0.5) is 10.5 Å². The van der Waals surface area contributed by atoms with Crippen molar-refractivity contribution in [2.75, 3.05) is 31.1 Å². The third kappa shape index (κ3) is 3.65. The second-order valence-electron chi connectivity index (χ2n) is 6.45. The molecule has 2 aliphatic heterocycles. The van der Waals surface area contributed by atoms with Crippen molar-refractivity contribution in [1.82, 2.24) is 10.2 Å². The van der Waals surface area contributed by atoms with Gasteiger partial charge in [-0.1, -0.05) is 6.92 Å². The lowest BCUT2D eigenvalue weighted by molar-refractivity contribution is 0.0573. The summed E-state index contributed by atoms with van der Waals surface area (Å²) in [6, 6.07) is 7.31. The quantitative estimate of drug-likeness (QED) is 0.871. The molecule has 2 fully saturated rings. The molecule has 24 heavy (non-hydrogen) atoms. The molecule has 0 bridgehead atoms. The Kier molecular flexibility index (Phi) is 6.07. The van der Waals surface area contributed by atoms with Crippen LogP contribution in [-0.4, -0.2) is 49.1 Å². The standard InChI is InChI=1S/C17H24N4O2.ClH/c1-12-6-8-20(15(10-12)11-18)16(22)13-2-4-14(5-3-13)21-9-7-19-17(21)23;/h2-5,12,15H,6-11,18H2,1H3,(H,19,23);1H. The number of amides is 3. The molecule has 0 spiro atoms. The number of anilines is 1. The Morgan fingerprint density at radius 1 is 1.29 bits per heavy atom. The third-order valence-corrected chi connectivity index (χ3v) is 4.79. The average Bonchev–Trinajstić information content (AvgIpc) is 3.00. The van der Waals surface area contributed by atoms with Gasteiger partial charge in [-0.15, -0.1) is 12.4 Å². The first kappa shape index (κ1) is 18.5. The van der Waals surface area contributed by atoms with Gasteiger partial charge in [0.05, 0.1) is 0 Å². The number of rotatable bonds is 3. The van der Waals surface area contributed by atoms with Gasteiger partial charge in [-0.2, -0.15) is 0 Å². The molecular weight excluding hydrogens is 328 g/mol. The molecule has 132 valence electrons. The second-order valence-corrected chi connectivity index (χ2v) is 6.45. The molecule has 3 N–H and O–H groups in total. The zero-order valence-corrected chi connectivity index (χ0v) is 14.7. The molecule has 6 nitrogen and oxygen atoms in total. The van der Waals surface area contributed by atoms with E-state index in [-0.39, 0.29) is 30.4 Å². The number of hydrogen-bond acceptors (Lipinski definition) is 3. The SMILES string of the molecule is CC1CCN(C(=O)c2ccc(N3CCNC3=O)cc2)C(CN)C1.Cl.